The van der Waals surface area contributed by atoms with Gasteiger partial charge in [0.1, 0.15) is 23.0 Å². The molecule has 0 heterocycles. The summed E-state index contributed by atoms with van der Waals surface area (Å²) in [5.74, 6) is -0.230. The summed E-state index contributed by atoms with van der Waals surface area (Å²) in [7, 11) is 1.47. The van der Waals surface area contributed by atoms with Crippen molar-refractivity contribution < 1.29 is 19.1 Å². The molecule has 26 heavy (non-hydrogen) atoms. The molecule has 0 fully saturated rings. The van der Waals surface area contributed by atoms with Crippen LogP contribution in [0.15, 0.2) is 36.0 Å². The van der Waals surface area contributed by atoms with E-state index < -0.39 is 17.6 Å². The maximum atomic E-state index is 12.4. The highest BCUT2D eigenvalue weighted by atomic mass is 16.6. The molecule has 0 aliphatic rings. The van der Waals surface area contributed by atoms with Gasteiger partial charge in [-0.05, 0) is 32.9 Å². The molecule has 8 nitrogen and oxygen atoms in total. The molecule has 0 radical (unpaired) electrons. The molecule has 0 saturated carbocycles. The Balaban J connectivity index is 3.03. The average Bonchev–Trinajstić information content (AvgIpc) is 2.57. The largest absolute Gasteiger partial charge is 0.495 e. The summed E-state index contributed by atoms with van der Waals surface area (Å²) in [5.41, 5.74) is 4.93. The van der Waals surface area contributed by atoms with Crippen molar-refractivity contribution in [1.29, 1.82) is 5.26 Å². The number of nitrogens with zero attached hydrogens (tertiary/aromatic N) is 2. The van der Waals surface area contributed by atoms with Gasteiger partial charge < -0.3 is 20.5 Å². The van der Waals surface area contributed by atoms with E-state index in [0.717, 1.165) is 11.1 Å². The summed E-state index contributed by atoms with van der Waals surface area (Å²) in [6.45, 7) is 5.39. The highest BCUT2D eigenvalue weighted by Gasteiger charge is 2.22. The number of nitrogens with two attached hydrogens (primary N) is 1. The third kappa shape index (κ3) is 6.45. The Morgan fingerprint density at radius 1 is 1.35 bits per heavy atom. The van der Waals surface area contributed by atoms with E-state index in [0.29, 0.717) is 11.4 Å². The molecule has 1 aromatic carbocycles. The van der Waals surface area contributed by atoms with Gasteiger partial charge in [0.15, 0.2) is 0 Å². The lowest BCUT2D eigenvalue weighted by Gasteiger charge is -2.25. The van der Waals surface area contributed by atoms with E-state index >= 15 is 0 Å². The molecular formula is C18H24N4O4. The molecule has 0 saturated heterocycles. The normalized spacial score (nSPS) is 11.3. The Kier molecular flexibility index (Phi) is 7.62. The second-order valence-corrected chi connectivity index (χ2v) is 6.27. The Morgan fingerprint density at radius 2 is 2.00 bits per heavy atom. The van der Waals surface area contributed by atoms with E-state index in [2.05, 4.69) is 5.32 Å². The van der Waals surface area contributed by atoms with Crippen LogP contribution < -0.4 is 15.8 Å². The molecule has 2 amide bonds. The van der Waals surface area contributed by atoms with Gasteiger partial charge in [0.2, 0.25) is 0 Å². The number of methoxy groups -OCH3 is 1. The maximum Gasteiger partial charge on any atom is 0.414 e. The first-order chi connectivity index (χ1) is 12.2. The van der Waals surface area contributed by atoms with Crippen LogP contribution in [-0.4, -0.2) is 42.7 Å². The zero-order valence-corrected chi connectivity index (χ0v) is 15.4. The maximum absolute atomic E-state index is 12.4. The van der Waals surface area contributed by atoms with Crippen molar-refractivity contribution in [2.24, 2.45) is 5.73 Å². The first-order valence-corrected chi connectivity index (χ1v) is 7.97. The van der Waals surface area contributed by atoms with Crippen molar-refractivity contribution in [3.05, 3.63) is 36.0 Å². The van der Waals surface area contributed by atoms with Crippen LogP contribution in [0.25, 0.3) is 0 Å². The number of carbonyl (C=O) groups excluding carboxylic acids is 2. The van der Waals surface area contributed by atoms with Crippen LogP contribution in [0.1, 0.15) is 20.8 Å². The van der Waals surface area contributed by atoms with E-state index in [1.807, 2.05) is 0 Å². The number of amides is 2. The van der Waals surface area contributed by atoms with Crippen LogP contribution in [0.4, 0.5) is 10.5 Å². The highest BCUT2D eigenvalue weighted by molar-refractivity contribution is 6.07. The van der Waals surface area contributed by atoms with E-state index in [1.54, 1.807) is 51.1 Å². The van der Waals surface area contributed by atoms with Crippen molar-refractivity contribution in [3.63, 3.8) is 0 Å². The van der Waals surface area contributed by atoms with Crippen molar-refractivity contribution in [3.8, 4) is 11.8 Å². The van der Waals surface area contributed by atoms with Gasteiger partial charge in [0, 0.05) is 19.3 Å². The van der Waals surface area contributed by atoms with E-state index in [9.17, 15) is 14.9 Å². The number of benzene rings is 1. The molecule has 1 rings (SSSR count). The monoisotopic (exact) mass is 360 g/mol. The summed E-state index contributed by atoms with van der Waals surface area (Å²) >= 11 is 0. The van der Waals surface area contributed by atoms with Crippen molar-refractivity contribution in [1.82, 2.24) is 4.90 Å². The molecular weight excluding hydrogens is 336 g/mol. The van der Waals surface area contributed by atoms with E-state index in [-0.39, 0.29) is 18.7 Å². The van der Waals surface area contributed by atoms with Gasteiger partial charge in [0.25, 0.3) is 5.91 Å². The zero-order chi connectivity index (χ0) is 19.7. The summed E-state index contributed by atoms with van der Waals surface area (Å²) in [5, 5.41) is 11.9. The summed E-state index contributed by atoms with van der Waals surface area (Å²) in [4.78, 5) is 25.7. The number of para-hydroxylation sites is 2. The number of ether oxygens (including phenoxy) is 2. The Hall–Kier alpha value is -3.05. The van der Waals surface area contributed by atoms with Crippen molar-refractivity contribution in [2.75, 3.05) is 25.5 Å². The van der Waals surface area contributed by atoms with E-state index in [4.69, 9.17) is 15.2 Å². The SMILES string of the molecule is COc1ccccc1NC(=O)/C(C#N)=C\N(CCN)C(=O)OC(C)(C)C. The fraction of sp³-hybridized carbons (Fsp3) is 0.389. The minimum atomic E-state index is -0.718. The second-order valence-electron chi connectivity index (χ2n) is 6.27. The third-order valence-corrected chi connectivity index (χ3v) is 3.00. The first-order valence-electron chi connectivity index (χ1n) is 7.97. The topological polar surface area (TPSA) is 118 Å². The van der Waals surface area contributed by atoms with Crippen LogP contribution in [0.3, 0.4) is 0 Å². The lowest BCUT2D eigenvalue weighted by molar-refractivity contribution is -0.112. The predicted octanol–water partition coefficient (Wildman–Crippen LogP) is 2.24. The minimum absolute atomic E-state index is 0.0992. The highest BCUT2D eigenvalue weighted by Crippen LogP contribution is 2.23. The van der Waals surface area contributed by atoms with Gasteiger partial charge >= 0.3 is 6.09 Å². The minimum Gasteiger partial charge on any atom is -0.495 e. The first kappa shape index (κ1) is 21.0. The lowest BCUT2D eigenvalue weighted by Crippen LogP contribution is -2.37. The molecule has 0 spiro atoms. The zero-order valence-electron chi connectivity index (χ0n) is 15.4. The van der Waals surface area contributed by atoms with Gasteiger partial charge in [0.05, 0.1) is 12.8 Å². The second kappa shape index (κ2) is 9.44. The molecule has 0 atom stereocenters. The fourth-order valence-corrected chi connectivity index (χ4v) is 1.90. The van der Waals surface area contributed by atoms with Crippen molar-refractivity contribution >= 4 is 17.7 Å². The van der Waals surface area contributed by atoms with Gasteiger partial charge in [-0.3, -0.25) is 9.69 Å². The summed E-state index contributed by atoms with van der Waals surface area (Å²) < 4.78 is 10.4. The Bertz CT molecular complexity index is 717. The molecule has 0 unspecified atom stereocenters. The molecule has 0 bridgehead atoms. The van der Waals surface area contributed by atoms with Crippen LogP contribution in [0, 0.1) is 11.3 Å². The number of nitriles is 1. The molecule has 0 aliphatic heterocycles. The number of rotatable bonds is 6. The molecule has 140 valence electrons. The third-order valence-electron chi connectivity index (χ3n) is 3.00. The Morgan fingerprint density at radius 3 is 2.54 bits per heavy atom. The summed E-state index contributed by atoms with van der Waals surface area (Å²) in [6.07, 6.45) is 0.437. The van der Waals surface area contributed by atoms with Crippen LogP contribution in [-0.2, 0) is 9.53 Å². The smallest absolute Gasteiger partial charge is 0.414 e. The molecule has 0 aromatic heterocycles. The van der Waals surface area contributed by atoms with Gasteiger partial charge in [-0.2, -0.15) is 5.26 Å². The molecule has 1 aromatic rings. The molecule has 0 aliphatic carbocycles. The lowest BCUT2D eigenvalue weighted by atomic mass is 10.2. The fourth-order valence-electron chi connectivity index (χ4n) is 1.90. The van der Waals surface area contributed by atoms with Crippen LogP contribution >= 0.6 is 0 Å². The van der Waals surface area contributed by atoms with Gasteiger partial charge in [-0.1, -0.05) is 12.1 Å². The van der Waals surface area contributed by atoms with Gasteiger partial charge in [-0.25, -0.2) is 4.79 Å². The van der Waals surface area contributed by atoms with Crippen LogP contribution in [0.5, 0.6) is 5.75 Å². The standard InChI is InChI=1S/C18H24N4O4/c1-18(2,3)26-17(24)22(10-9-19)12-13(11-20)16(23)21-14-7-5-6-8-15(14)25-4/h5-8,12H,9-10,19H2,1-4H3,(H,21,23)/b13-12-. The summed E-state index contributed by atoms with van der Waals surface area (Å²) in [6, 6.07) is 8.56. The number of anilines is 1. The number of nitrogens with one attached hydrogen (secondary N) is 1. The molecule has 8 heteroatoms. The quantitative estimate of drug-likeness (QED) is 0.593. The van der Waals surface area contributed by atoms with E-state index in [1.165, 1.54) is 7.11 Å². The number of carbonyl (C=O) groups is 2. The molecule has 3 N–H and O–H groups in total. The van der Waals surface area contributed by atoms with Crippen LogP contribution in [0.2, 0.25) is 0 Å². The number of hydrogen-bond donors (Lipinski definition) is 2. The predicted molar refractivity (Wildman–Crippen MR) is 97.3 cm³/mol. The number of hydrogen-bond acceptors (Lipinski definition) is 6. The average molecular weight is 360 g/mol. The van der Waals surface area contributed by atoms with Crippen molar-refractivity contribution in [2.45, 2.75) is 26.4 Å². The van der Waals surface area contributed by atoms with Gasteiger partial charge in [-0.15, -0.1) is 0 Å². The Labute approximate surface area is 153 Å².